The van der Waals surface area contributed by atoms with Gasteiger partial charge in [-0.1, -0.05) is 0 Å². The zero-order valence-corrected chi connectivity index (χ0v) is 7.33. The third-order valence-corrected chi connectivity index (χ3v) is 3.12. The van der Waals surface area contributed by atoms with Crippen LogP contribution in [-0.2, 0) is 3.63 Å². The van der Waals surface area contributed by atoms with Crippen molar-refractivity contribution in [2.75, 3.05) is 0 Å². The van der Waals surface area contributed by atoms with Crippen LogP contribution in [0.2, 0.25) is 0 Å². The van der Waals surface area contributed by atoms with Crippen LogP contribution in [0.25, 0.3) is 0 Å². The molecule has 0 aromatic heterocycles. The van der Waals surface area contributed by atoms with E-state index in [0.29, 0.717) is 0 Å². The second-order valence-corrected chi connectivity index (χ2v) is 3.06. The molecule has 0 bridgehead atoms. The van der Waals surface area contributed by atoms with Crippen molar-refractivity contribution in [2.45, 2.75) is 0 Å². The van der Waals surface area contributed by atoms with Gasteiger partial charge in [0.2, 0.25) is 0 Å². The summed E-state index contributed by atoms with van der Waals surface area (Å²) in [6.07, 6.45) is 0. The van der Waals surface area contributed by atoms with Gasteiger partial charge in [-0.25, -0.2) is 0 Å². The third kappa shape index (κ3) is 5.70. The van der Waals surface area contributed by atoms with E-state index < -0.39 is 0 Å². The predicted molar refractivity (Wildman–Crippen MR) is 30.6 cm³/mol. The molecule has 5 heteroatoms. The van der Waals surface area contributed by atoms with E-state index >= 15 is 0 Å². The van der Waals surface area contributed by atoms with Crippen LogP contribution in [0.1, 0.15) is 0 Å². The third-order valence-electron chi connectivity index (χ3n) is 0.0667. The first-order chi connectivity index (χ1) is 2.41. The van der Waals surface area contributed by atoms with Crippen molar-refractivity contribution in [3.8, 4) is 0 Å². The molecule has 0 aromatic rings. The molecule has 0 unspecified atom stereocenters. The number of thiol groups is 2. The van der Waals surface area contributed by atoms with Gasteiger partial charge in [0.05, 0.1) is 0 Å². The van der Waals surface area contributed by atoms with E-state index in [1.807, 2.05) is 0 Å². The number of hydrogen-bond acceptors (Lipinski definition) is 1. The molecule has 0 aliphatic rings. The Kier molecular flexibility index (Phi) is 7.64. The molecular weight excluding hydrogens is 238 g/mol. The monoisotopic (exact) mass is 242 g/mol. The van der Waals surface area contributed by atoms with Crippen LogP contribution in [0, 0.1) is 0 Å². The summed E-state index contributed by atoms with van der Waals surface area (Å²) in [5.41, 5.74) is 0. The van der Waals surface area contributed by atoms with Crippen LogP contribution in [0.15, 0.2) is 0 Å². The normalized spacial score (nSPS) is 8.00. The molecule has 0 N–H and O–H groups in total. The van der Waals surface area contributed by atoms with Crippen LogP contribution in [0.3, 0.4) is 0 Å². The van der Waals surface area contributed by atoms with Gasteiger partial charge in [-0.3, -0.25) is 0 Å². The van der Waals surface area contributed by atoms with Crippen LogP contribution in [0.5, 0.6) is 0 Å². The molecule has 5 heavy (non-hydrogen) atoms. The molecule has 0 radical (unpaired) electrons. The Balaban J connectivity index is 2.65. The van der Waals surface area contributed by atoms with Gasteiger partial charge in [0.25, 0.3) is 0 Å². The molecular formula is H2OS2Se2. The quantitative estimate of drug-likeness (QED) is 0.507. The van der Waals surface area contributed by atoms with E-state index in [1.54, 1.807) is 0 Å². The van der Waals surface area contributed by atoms with E-state index in [9.17, 15) is 0 Å². The van der Waals surface area contributed by atoms with Crippen molar-refractivity contribution in [2.24, 2.45) is 0 Å². The fraction of sp³-hybridized carbons (Fsp3) is 0. The summed E-state index contributed by atoms with van der Waals surface area (Å²) in [5.74, 6) is 0. The van der Waals surface area contributed by atoms with E-state index in [2.05, 4.69) is 32.4 Å². The molecule has 0 aliphatic carbocycles. The summed E-state index contributed by atoms with van der Waals surface area (Å²) in [6, 6.07) is 0. The molecule has 0 amide bonds. The fourth-order valence-corrected chi connectivity index (χ4v) is 3.31. The topological polar surface area (TPSA) is 9.23 Å². The first-order valence-electron chi connectivity index (χ1n) is 0.730. The Bertz CT molecular complexity index is 36.9. The molecule has 0 rings (SSSR count). The Morgan fingerprint density at radius 2 is 1.60 bits per heavy atom. The van der Waals surface area contributed by atoms with Crippen LogP contribution in [-0.4, -0.2) is 28.8 Å². The molecule has 1 nitrogen and oxygen atoms in total. The first kappa shape index (κ1) is 6.70. The fourth-order valence-electron chi connectivity index (χ4n) is 0.0136. The second-order valence-electron chi connectivity index (χ2n) is 0.231. The minimum absolute atomic E-state index is 0.861. The van der Waals surface area contributed by atoms with Crippen molar-refractivity contribution in [3.63, 3.8) is 0 Å². The SMILES string of the molecule is [Se]=[SH]O[SH]=[Se]. The molecule has 0 heterocycles. The second kappa shape index (κ2) is 5.70. The van der Waals surface area contributed by atoms with Gasteiger partial charge in [0.15, 0.2) is 0 Å². The maximum atomic E-state index is 4.67. The van der Waals surface area contributed by atoms with Gasteiger partial charge in [0, 0.05) is 0 Å². The van der Waals surface area contributed by atoms with Gasteiger partial charge in [-0.15, -0.1) is 0 Å². The molecule has 32 valence electrons. The van der Waals surface area contributed by atoms with Gasteiger partial charge < -0.3 is 0 Å². The van der Waals surface area contributed by atoms with Crippen molar-refractivity contribution in [1.82, 2.24) is 0 Å². The van der Waals surface area contributed by atoms with E-state index in [1.165, 1.54) is 0 Å². The summed E-state index contributed by atoms with van der Waals surface area (Å²) in [5, 5.41) is 0. The Morgan fingerprint density at radius 3 is 1.60 bits per heavy atom. The standard InChI is InChI=1S/H2OS2Se2/c4-2-1-3-5/h2-3H. The first-order valence-corrected chi connectivity index (χ1v) is 6.79. The summed E-state index contributed by atoms with van der Waals surface area (Å²) < 4.78 is 4.67. The van der Waals surface area contributed by atoms with E-state index in [-0.39, 0.29) is 0 Å². The van der Waals surface area contributed by atoms with E-state index in [0.717, 1.165) is 19.9 Å². The van der Waals surface area contributed by atoms with Gasteiger partial charge in [-0.2, -0.15) is 0 Å². The number of rotatable bonds is 2. The van der Waals surface area contributed by atoms with E-state index in [4.69, 9.17) is 0 Å². The Hall–Kier alpha value is 1.70. The molecule has 0 atom stereocenters. The average Bonchev–Trinajstić information content (AvgIpc) is 1.41. The zero-order chi connectivity index (χ0) is 4.12. The summed E-state index contributed by atoms with van der Waals surface area (Å²) in [6.45, 7) is 0. The molecule has 0 aliphatic heterocycles. The average molecular weight is 240 g/mol. The van der Waals surface area contributed by atoms with Gasteiger partial charge >= 0.3 is 52.3 Å². The molecule has 0 spiro atoms. The Morgan fingerprint density at radius 1 is 1.20 bits per heavy atom. The zero-order valence-electron chi connectivity index (χ0n) is 2.12. The van der Waals surface area contributed by atoms with Gasteiger partial charge in [-0.05, 0) is 0 Å². The van der Waals surface area contributed by atoms with Crippen molar-refractivity contribution in [3.05, 3.63) is 0 Å². The van der Waals surface area contributed by atoms with Crippen molar-refractivity contribution < 1.29 is 3.63 Å². The van der Waals surface area contributed by atoms with Gasteiger partial charge in [0.1, 0.15) is 0 Å². The Labute approximate surface area is 52.2 Å². The summed E-state index contributed by atoms with van der Waals surface area (Å²) >= 11 is 5.33. The predicted octanol–water partition coefficient (Wildman–Crippen LogP) is -0.0690. The van der Waals surface area contributed by atoms with Crippen LogP contribution < -0.4 is 0 Å². The summed E-state index contributed by atoms with van der Waals surface area (Å²) in [7, 11) is 1.72. The molecule has 0 aromatic carbocycles. The molecule has 0 saturated carbocycles. The van der Waals surface area contributed by atoms with Crippen LogP contribution >= 0.6 is 19.9 Å². The molecule has 0 fully saturated rings. The molecule has 0 saturated heterocycles. The van der Waals surface area contributed by atoms with Crippen molar-refractivity contribution in [1.29, 1.82) is 0 Å². The minimum atomic E-state index is 0.861. The number of hydrogen-bond donors (Lipinski definition) is 2. The van der Waals surface area contributed by atoms with Crippen LogP contribution in [0.4, 0.5) is 0 Å². The summed E-state index contributed by atoms with van der Waals surface area (Å²) in [4.78, 5) is 0. The maximum absolute atomic E-state index is 4.67. The van der Waals surface area contributed by atoms with Crippen molar-refractivity contribution >= 4 is 48.7 Å².